The molecule has 0 amide bonds. The minimum atomic E-state index is -1.40. The molecule has 0 bridgehead atoms. The van der Waals surface area contributed by atoms with Gasteiger partial charge in [-0.1, -0.05) is 12.2 Å². The largest absolute Gasteiger partial charge is 0.477 e. The Morgan fingerprint density at radius 1 is 1.24 bits per heavy atom. The fourth-order valence-corrected chi connectivity index (χ4v) is 4.83. The molecule has 2 aromatic rings. The fourth-order valence-electron chi connectivity index (χ4n) is 4.83. The number of carboxylic acid groups (broad SMARTS) is 1. The third-order valence-corrected chi connectivity index (χ3v) is 6.45. The van der Waals surface area contributed by atoms with E-state index in [1.54, 1.807) is 4.90 Å². The van der Waals surface area contributed by atoms with Crippen LogP contribution in [0.1, 0.15) is 35.7 Å². The van der Waals surface area contributed by atoms with Crippen molar-refractivity contribution >= 4 is 22.6 Å². The van der Waals surface area contributed by atoms with Crippen molar-refractivity contribution in [1.29, 1.82) is 0 Å². The zero-order chi connectivity index (χ0) is 20.4. The maximum atomic E-state index is 15.7. The molecule has 1 saturated heterocycles. The number of aromatic carboxylic acids is 1. The van der Waals surface area contributed by atoms with Crippen LogP contribution in [-0.4, -0.2) is 34.8 Å². The van der Waals surface area contributed by atoms with Gasteiger partial charge in [0.2, 0.25) is 5.43 Å². The average molecular weight is 401 g/mol. The summed E-state index contributed by atoms with van der Waals surface area (Å²) in [6, 6.07) is 0.762. The molecular formula is C21H21F2N3O3. The van der Waals surface area contributed by atoms with Gasteiger partial charge >= 0.3 is 5.97 Å². The fraction of sp³-hybridized carbons (Fsp3) is 0.429. The molecule has 8 heteroatoms. The number of carboxylic acids is 1. The number of nitrogens with two attached hydrogens (primary N) is 1. The van der Waals surface area contributed by atoms with Crippen LogP contribution in [0.5, 0.6) is 0 Å². The highest BCUT2D eigenvalue weighted by atomic mass is 19.1. The van der Waals surface area contributed by atoms with Crippen LogP contribution in [0.25, 0.3) is 10.9 Å². The van der Waals surface area contributed by atoms with Crippen LogP contribution in [0.15, 0.2) is 29.2 Å². The number of fused-ring (bicyclic) bond motifs is 2. The molecule has 6 nitrogen and oxygen atoms in total. The number of aromatic nitrogens is 1. The minimum absolute atomic E-state index is 0.0174. The van der Waals surface area contributed by atoms with Gasteiger partial charge in [0.25, 0.3) is 0 Å². The lowest BCUT2D eigenvalue weighted by atomic mass is 9.83. The number of pyridine rings is 1. The first kappa shape index (κ1) is 18.3. The van der Waals surface area contributed by atoms with E-state index in [9.17, 15) is 14.7 Å². The summed E-state index contributed by atoms with van der Waals surface area (Å²) in [6.45, 7) is 0.930. The van der Waals surface area contributed by atoms with Gasteiger partial charge in [-0.15, -0.1) is 0 Å². The summed E-state index contributed by atoms with van der Waals surface area (Å²) in [5.74, 6) is -2.71. The van der Waals surface area contributed by atoms with Gasteiger partial charge in [-0.05, 0) is 37.2 Å². The Kier molecular flexibility index (Phi) is 4.03. The molecule has 3 aliphatic rings. The highest BCUT2D eigenvalue weighted by molar-refractivity contribution is 5.94. The lowest BCUT2D eigenvalue weighted by Gasteiger charge is -2.25. The first-order valence-electron chi connectivity index (χ1n) is 9.84. The number of allylic oxidation sites excluding steroid dienone is 1. The number of hydrogen-bond donors (Lipinski definition) is 2. The molecule has 3 atom stereocenters. The van der Waals surface area contributed by atoms with Crippen molar-refractivity contribution < 1.29 is 18.7 Å². The molecule has 1 saturated carbocycles. The van der Waals surface area contributed by atoms with E-state index < -0.39 is 28.6 Å². The van der Waals surface area contributed by atoms with Gasteiger partial charge in [-0.3, -0.25) is 4.79 Å². The number of nitrogens with zero attached hydrogens (tertiary/aromatic N) is 2. The Hall–Kier alpha value is -2.74. The lowest BCUT2D eigenvalue weighted by molar-refractivity contribution is 0.0695. The van der Waals surface area contributed by atoms with Gasteiger partial charge in [0, 0.05) is 31.4 Å². The average Bonchev–Trinajstić information content (AvgIpc) is 3.42. The molecule has 2 fully saturated rings. The Balaban J connectivity index is 1.69. The van der Waals surface area contributed by atoms with E-state index in [1.807, 2.05) is 12.2 Å². The van der Waals surface area contributed by atoms with Crippen molar-refractivity contribution in [2.45, 2.75) is 31.3 Å². The molecule has 1 aromatic heterocycles. The van der Waals surface area contributed by atoms with Crippen LogP contribution in [0.4, 0.5) is 14.5 Å². The molecule has 152 valence electrons. The van der Waals surface area contributed by atoms with Crippen LogP contribution < -0.4 is 16.1 Å². The van der Waals surface area contributed by atoms with E-state index in [0.717, 1.165) is 25.3 Å². The Morgan fingerprint density at radius 2 is 2.00 bits per heavy atom. The monoisotopic (exact) mass is 401 g/mol. The van der Waals surface area contributed by atoms with Gasteiger partial charge in [-0.2, -0.15) is 0 Å². The normalized spacial score (nSPS) is 26.2. The van der Waals surface area contributed by atoms with E-state index in [2.05, 4.69) is 0 Å². The predicted molar refractivity (Wildman–Crippen MR) is 104 cm³/mol. The summed E-state index contributed by atoms with van der Waals surface area (Å²) in [5.41, 5.74) is 4.65. The highest BCUT2D eigenvalue weighted by Gasteiger charge is 2.39. The maximum absolute atomic E-state index is 15.7. The zero-order valence-corrected chi connectivity index (χ0v) is 15.6. The van der Waals surface area contributed by atoms with Gasteiger partial charge in [-0.25, -0.2) is 13.6 Å². The second-order valence-electron chi connectivity index (χ2n) is 8.30. The predicted octanol–water partition coefficient (Wildman–Crippen LogP) is 2.65. The molecule has 1 aromatic carbocycles. The maximum Gasteiger partial charge on any atom is 0.341 e. The quantitative estimate of drug-likeness (QED) is 0.772. The smallest absolute Gasteiger partial charge is 0.341 e. The van der Waals surface area contributed by atoms with Crippen LogP contribution >= 0.6 is 0 Å². The molecule has 0 spiro atoms. The second-order valence-corrected chi connectivity index (χ2v) is 8.30. The van der Waals surface area contributed by atoms with E-state index in [4.69, 9.17) is 5.73 Å². The molecule has 5 rings (SSSR count). The summed E-state index contributed by atoms with van der Waals surface area (Å²) >= 11 is 0. The lowest BCUT2D eigenvalue weighted by Crippen LogP contribution is -2.35. The van der Waals surface area contributed by atoms with Crippen LogP contribution in [0, 0.1) is 23.5 Å². The molecule has 2 heterocycles. The van der Waals surface area contributed by atoms with Crippen molar-refractivity contribution in [2.75, 3.05) is 18.0 Å². The molecule has 3 N–H and O–H groups in total. The van der Waals surface area contributed by atoms with Gasteiger partial charge in [0.15, 0.2) is 5.82 Å². The third-order valence-electron chi connectivity index (χ3n) is 6.45. The number of rotatable bonds is 3. The topological polar surface area (TPSA) is 88.6 Å². The summed E-state index contributed by atoms with van der Waals surface area (Å²) in [4.78, 5) is 25.7. The van der Waals surface area contributed by atoms with E-state index in [0.29, 0.717) is 13.1 Å². The standard InChI is InChI=1S/C21H21F2N3O3/c22-15-6-12-18(26(11-4-5-11)9-14(20(12)27)21(28)29)17(23)19(15)25-7-10-2-1-3-16(24)13(10)8-25/h1,3,6,9-11,13,16H,2,4-5,7-8,24H2,(H,28,29)/t10-,13+,16-/m0/s1. The Bertz CT molecular complexity index is 1120. The third kappa shape index (κ3) is 2.77. The van der Waals surface area contributed by atoms with E-state index in [1.165, 1.54) is 10.8 Å². The van der Waals surface area contributed by atoms with Crippen LogP contribution in [0.3, 0.4) is 0 Å². The second kappa shape index (κ2) is 6.38. The van der Waals surface area contributed by atoms with E-state index >= 15 is 8.78 Å². The minimum Gasteiger partial charge on any atom is -0.477 e. The number of halogens is 2. The van der Waals surface area contributed by atoms with Crippen molar-refractivity contribution in [3.8, 4) is 0 Å². The van der Waals surface area contributed by atoms with E-state index in [-0.39, 0.29) is 40.5 Å². The first-order valence-corrected chi connectivity index (χ1v) is 9.84. The summed E-state index contributed by atoms with van der Waals surface area (Å²) in [7, 11) is 0. The van der Waals surface area contributed by atoms with Crippen LogP contribution in [-0.2, 0) is 0 Å². The van der Waals surface area contributed by atoms with Crippen LogP contribution in [0.2, 0.25) is 0 Å². The van der Waals surface area contributed by atoms with Crippen molar-refractivity contribution in [2.24, 2.45) is 17.6 Å². The summed E-state index contributed by atoms with van der Waals surface area (Å²) in [5, 5.41) is 9.10. The zero-order valence-electron chi connectivity index (χ0n) is 15.6. The summed E-state index contributed by atoms with van der Waals surface area (Å²) < 4.78 is 32.2. The molecule has 0 radical (unpaired) electrons. The van der Waals surface area contributed by atoms with Crippen molar-refractivity contribution in [3.63, 3.8) is 0 Å². The molecule has 2 aliphatic carbocycles. The number of carbonyl (C=O) groups is 1. The Morgan fingerprint density at radius 3 is 2.66 bits per heavy atom. The highest BCUT2D eigenvalue weighted by Crippen LogP contribution is 2.42. The van der Waals surface area contributed by atoms with Gasteiger partial charge in [0.05, 0.1) is 10.9 Å². The van der Waals surface area contributed by atoms with Gasteiger partial charge in [0.1, 0.15) is 17.1 Å². The van der Waals surface area contributed by atoms with Crippen molar-refractivity contribution in [3.05, 3.63) is 51.8 Å². The molecule has 0 unspecified atom stereocenters. The first-order chi connectivity index (χ1) is 13.9. The molecule has 1 aliphatic heterocycles. The van der Waals surface area contributed by atoms with Gasteiger partial charge < -0.3 is 20.3 Å². The number of benzene rings is 1. The summed E-state index contributed by atoms with van der Waals surface area (Å²) in [6.07, 6.45) is 7.49. The SMILES string of the molecule is N[C@H]1C=CC[C@H]2CN(c3c(F)cc4c(=O)c(C(=O)O)cn(C5CC5)c4c3F)C[C@H]21. The molecule has 29 heavy (non-hydrogen) atoms. The van der Waals surface area contributed by atoms with Crippen molar-refractivity contribution in [1.82, 2.24) is 4.57 Å². The number of hydrogen-bond acceptors (Lipinski definition) is 4. The molecular weight excluding hydrogens is 380 g/mol. The number of anilines is 1. The Labute approximate surface area is 165 Å².